The Morgan fingerprint density at radius 1 is 1.03 bits per heavy atom. The molecule has 1 heterocycles. The molecule has 4 rings (SSSR count). The van der Waals surface area contributed by atoms with Crippen LogP contribution < -0.4 is 10.6 Å². The molecule has 0 aliphatic carbocycles. The number of rotatable bonds is 5. The largest absolute Gasteiger partial charge is 0.361 e. The fourth-order valence-corrected chi connectivity index (χ4v) is 3.74. The highest BCUT2D eigenvalue weighted by Crippen LogP contribution is 2.20. The Bertz CT molecular complexity index is 1270. The Hall–Kier alpha value is -3.57. The summed E-state index contributed by atoms with van der Waals surface area (Å²) in [5, 5.41) is 8.03. The van der Waals surface area contributed by atoms with Crippen molar-refractivity contribution in [1.82, 2.24) is 10.3 Å². The molecule has 0 bridgehead atoms. The fourth-order valence-electron chi connectivity index (χ4n) is 3.52. The number of anilines is 1. The topological polar surface area (TPSA) is 69.3 Å². The number of aryl methyl sites for hydroxylation is 2. The Kier molecular flexibility index (Phi) is 6.57. The van der Waals surface area contributed by atoms with Crippen LogP contribution in [0.4, 0.5) is 5.69 Å². The maximum atomic E-state index is 12.8. The first-order chi connectivity index (χ1) is 15.5. The lowest BCUT2D eigenvalue weighted by Gasteiger charge is -2.14. The molecular weight excluding hydrogens is 420 g/mol. The van der Waals surface area contributed by atoms with E-state index in [2.05, 4.69) is 32.7 Å². The molecule has 0 atom stereocenters. The second-order valence-electron chi connectivity index (χ2n) is 7.74. The SMILES string of the molecule is Cc1ccc(C(=O)NC(=NCCc2c[nH]c3ccccc23)Nc2ccc(Cl)cc2C)cc1. The van der Waals surface area contributed by atoms with E-state index in [-0.39, 0.29) is 5.91 Å². The molecular formula is C26H25ClN4O. The Labute approximate surface area is 192 Å². The third-order valence-electron chi connectivity index (χ3n) is 5.31. The minimum atomic E-state index is -0.213. The van der Waals surface area contributed by atoms with Crippen molar-refractivity contribution < 1.29 is 4.79 Å². The Balaban J connectivity index is 1.54. The summed E-state index contributed by atoms with van der Waals surface area (Å²) >= 11 is 6.09. The van der Waals surface area contributed by atoms with Crippen LogP contribution in [0.25, 0.3) is 10.9 Å². The zero-order valence-corrected chi connectivity index (χ0v) is 18.8. The van der Waals surface area contributed by atoms with Crippen molar-refractivity contribution in [2.75, 3.05) is 11.9 Å². The van der Waals surface area contributed by atoms with Gasteiger partial charge in [0.05, 0.1) is 0 Å². The van der Waals surface area contributed by atoms with Crippen molar-refractivity contribution in [3.8, 4) is 0 Å². The van der Waals surface area contributed by atoms with E-state index < -0.39 is 0 Å². The van der Waals surface area contributed by atoms with Crippen LogP contribution in [-0.4, -0.2) is 23.4 Å². The van der Waals surface area contributed by atoms with Gasteiger partial charge in [-0.1, -0.05) is 47.5 Å². The quantitative estimate of drug-likeness (QED) is 0.266. The lowest BCUT2D eigenvalue weighted by Crippen LogP contribution is -2.36. The van der Waals surface area contributed by atoms with Gasteiger partial charge >= 0.3 is 0 Å². The predicted molar refractivity (Wildman–Crippen MR) is 133 cm³/mol. The van der Waals surface area contributed by atoms with E-state index in [1.165, 1.54) is 10.9 Å². The summed E-state index contributed by atoms with van der Waals surface area (Å²) in [5.74, 6) is 0.191. The van der Waals surface area contributed by atoms with Gasteiger partial charge in [-0.15, -0.1) is 0 Å². The van der Waals surface area contributed by atoms with Crippen LogP contribution in [0.5, 0.6) is 0 Å². The summed E-state index contributed by atoms with van der Waals surface area (Å²) in [5.41, 5.74) is 5.78. The first kappa shape index (κ1) is 21.7. The summed E-state index contributed by atoms with van der Waals surface area (Å²) in [6, 6.07) is 21.2. The van der Waals surface area contributed by atoms with Gasteiger partial charge in [0.15, 0.2) is 0 Å². The number of halogens is 1. The molecule has 6 heteroatoms. The van der Waals surface area contributed by atoms with Crippen LogP contribution in [-0.2, 0) is 6.42 Å². The summed E-state index contributed by atoms with van der Waals surface area (Å²) in [6.45, 7) is 4.47. The average Bonchev–Trinajstić information content (AvgIpc) is 3.19. The number of para-hydroxylation sites is 1. The van der Waals surface area contributed by atoms with Gasteiger partial charge in [-0.05, 0) is 67.8 Å². The van der Waals surface area contributed by atoms with Crippen molar-refractivity contribution in [2.24, 2.45) is 4.99 Å². The maximum absolute atomic E-state index is 12.8. The van der Waals surface area contributed by atoms with E-state index in [1.54, 1.807) is 0 Å². The van der Waals surface area contributed by atoms with Gasteiger partial charge in [-0.3, -0.25) is 15.1 Å². The highest BCUT2D eigenvalue weighted by Gasteiger charge is 2.11. The van der Waals surface area contributed by atoms with Crippen molar-refractivity contribution >= 4 is 40.1 Å². The number of carbonyl (C=O) groups excluding carboxylic acids is 1. The van der Waals surface area contributed by atoms with Gasteiger partial charge in [-0.25, -0.2) is 0 Å². The number of amides is 1. The molecule has 4 aromatic rings. The summed E-state index contributed by atoms with van der Waals surface area (Å²) in [6.07, 6.45) is 2.76. The number of aromatic amines is 1. The molecule has 0 spiro atoms. The number of aliphatic imine (C=N–C) groups is 1. The number of nitrogens with one attached hydrogen (secondary N) is 3. The predicted octanol–water partition coefficient (Wildman–Crippen LogP) is 5.88. The number of aromatic nitrogens is 1. The number of nitrogens with zero attached hydrogens (tertiary/aromatic N) is 1. The number of guanidine groups is 1. The lowest BCUT2D eigenvalue weighted by molar-refractivity contribution is 0.0977. The number of H-pyrrole nitrogens is 1. The third kappa shape index (κ3) is 5.18. The van der Waals surface area contributed by atoms with Crippen molar-refractivity contribution in [1.29, 1.82) is 0 Å². The molecule has 1 aromatic heterocycles. The zero-order valence-electron chi connectivity index (χ0n) is 18.1. The second kappa shape index (κ2) is 9.71. The number of fused-ring (bicyclic) bond motifs is 1. The van der Waals surface area contributed by atoms with E-state index in [1.807, 2.05) is 74.6 Å². The minimum absolute atomic E-state index is 0.213. The van der Waals surface area contributed by atoms with Crippen LogP contribution >= 0.6 is 11.6 Å². The normalized spacial score (nSPS) is 11.5. The zero-order chi connectivity index (χ0) is 22.5. The molecule has 0 unspecified atom stereocenters. The summed E-state index contributed by atoms with van der Waals surface area (Å²) < 4.78 is 0. The number of carbonyl (C=O) groups is 1. The molecule has 0 aliphatic heterocycles. The van der Waals surface area contributed by atoms with E-state index >= 15 is 0 Å². The van der Waals surface area contributed by atoms with Crippen molar-refractivity contribution in [3.63, 3.8) is 0 Å². The highest BCUT2D eigenvalue weighted by molar-refractivity contribution is 6.30. The molecule has 1 amide bonds. The fraction of sp³-hybridized carbons (Fsp3) is 0.154. The first-order valence-electron chi connectivity index (χ1n) is 10.5. The second-order valence-corrected chi connectivity index (χ2v) is 8.18. The number of hydrogen-bond acceptors (Lipinski definition) is 2. The maximum Gasteiger partial charge on any atom is 0.257 e. The molecule has 162 valence electrons. The van der Waals surface area contributed by atoms with Gasteiger partial charge < -0.3 is 10.3 Å². The van der Waals surface area contributed by atoms with Gasteiger partial charge in [-0.2, -0.15) is 0 Å². The smallest absolute Gasteiger partial charge is 0.257 e. The van der Waals surface area contributed by atoms with Gasteiger partial charge in [0, 0.05) is 39.9 Å². The molecule has 5 nitrogen and oxygen atoms in total. The van der Waals surface area contributed by atoms with Gasteiger partial charge in [0.2, 0.25) is 5.96 Å². The Morgan fingerprint density at radius 2 is 1.81 bits per heavy atom. The van der Waals surface area contributed by atoms with Crippen LogP contribution in [0.1, 0.15) is 27.0 Å². The molecule has 0 saturated carbocycles. The molecule has 0 radical (unpaired) electrons. The van der Waals surface area contributed by atoms with E-state index in [4.69, 9.17) is 11.6 Å². The van der Waals surface area contributed by atoms with Crippen LogP contribution in [0.2, 0.25) is 5.02 Å². The molecule has 3 N–H and O–H groups in total. The molecule has 32 heavy (non-hydrogen) atoms. The lowest BCUT2D eigenvalue weighted by atomic mass is 10.1. The summed E-state index contributed by atoms with van der Waals surface area (Å²) in [4.78, 5) is 20.8. The standard InChI is InChI=1S/C26H25ClN4O/c1-17-7-9-19(10-8-17)25(32)31-26(30-23-12-11-21(27)15-18(23)2)28-14-13-20-16-29-24-6-4-3-5-22(20)24/h3-12,15-16,29H,13-14H2,1-2H3,(H2,28,30,31,32). The highest BCUT2D eigenvalue weighted by atomic mass is 35.5. The first-order valence-corrected chi connectivity index (χ1v) is 10.9. The van der Waals surface area contributed by atoms with Gasteiger partial charge in [0.25, 0.3) is 5.91 Å². The van der Waals surface area contributed by atoms with Crippen molar-refractivity contribution in [2.45, 2.75) is 20.3 Å². The van der Waals surface area contributed by atoms with Crippen LogP contribution in [0, 0.1) is 13.8 Å². The molecule has 0 fully saturated rings. The molecule has 0 aliphatic rings. The Morgan fingerprint density at radius 3 is 2.59 bits per heavy atom. The number of hydrogen-bond donors (Lipinski definition) is 3. The number of benzene rings is 3. The van der Waals surface area contributed by atoms with E-state index in [0.717, 1.165) is 28.8 Å². The van der Waals surface area contributed by atoms with Gasteiger partial charge in [0.1, 0.15) is 0 Å². The average molecular weight is 445 g/mol. The van der Waals surface area contributed by atoms with Crippen molar-refractivity contribution in [3.05, 3.63) is 100 Å². The van der Waals surface area contributed by atoms with Crippen LogP contribution in [0.3, 0.4) is 0 Å². The minimum Gasteiger partial charge on any atom is -0.361 e. The van der Waals surface area contributed by atoms with E-state index in [9.17, 15) is 4.79 Å². The monoisotopic (exact) mass is 444 g/mol. The molecule has 3 aromatic carbocycles. The summed E-state index contributed by atoms with van der Waals surface area (Å²) in [7, 11) is 0. The third-order valence-corrected chi connectivity index (χ3v) is 5.55. The van der Waals surface area contributed by atoms with Crippen LogP contribution in [0.15, 0.2) is 77.9 Å². The molecule has 0 saturated heterocycles. The van der Waals surface area contributed by atoms with E-state index in [0.29, 0.717) is 23.1 Å².